The lowest BCUT2D eigenvalue weighted by molar-refractivity contribution is 0.487. The van der Waals surface area contributed by atoms with Crippen molar-refractivity contribution >= 4 is 21.5 Å². The van der Waals surface area contributed by atoms with Crippen LogP contribution >= 0.6 is 0 Å². The van der Waals surface area contributed by atoms with Crippen molar-refractivity contribution in [2.24, 2.45) is 0 Å². The fraction of sp³-hybridized carbons (Fsp3) is 0.0196. The van der Waals surface area contributed by atoms with Crippen LogP contribution in [0.25, 0.3) is 77.2 Å². The number of hydrogen-bond donors (Lipinski definition) is 0. The minimum atomic E-state index is -0.401. The Hall–Kier alpha value is -6.70. The molecule has 0 N–H and O–H groups in total. The van der Waals surface area contributed by atoms with Crippen molar-refractivity contribution in [1.82, 2.24) is 0 Å². The Morgan fingerprint density at radius 1 is 0.327 bits per heavy atom. The largest absolute Gasteiger partial charge is 0.456 e. The summed E-state index contributed by atoms with van der Waals surface area (Å²) in [5.41, 5.74) is 17.6. The molecule has 0 saturated heterocycles. The molecule has 1 heteroatoms. The van der Waals surface area contributed by atoms with E-state index in [-0.39, 0.29) is 0 Å². The Kier molecular flexibility index (Phi) is 5.49. The molecule has 52 heavy (non-hydrogen) atoms. The minimum absolute atomic E-state index is 0.401. The molecule has 3 aliphatic rings. The summed E-state index contributed by atoms with van der Waals surface area (Å²) >= 11 is 0. The maximum absolute atomic E-state index is 6.44. The number of para-hydroxylation sites is 1. The Balaban J connectivity index is 1.09. The van der Waals surface area contributed by atoms with Crippen molar-refractivity contribution in [3.05, 3.63) is 204 Å². The summed E-state index contributed by atoms with van der Waals surface area (Å²) in [6.45, 7) is 0. The summed E-state index contributed by atoms with van der Waals surface area (Å²) in [6, 6.07) is 67.3. The van der Waals surface area contributed by atoms with Gasteiger partial charge >= 0.3 is 0 Å². The van der Waals surface area contributed by atoms with E-state index < -0.39 is 5.41 Å². The van der Waals surface area contributed by atoms with Crippen LogP contribution in [-0.4, -0.2) is 0 Å². The van der Waals surface area contributed by atoms with E-state index in [4.69, 9.17) is 4.74 Å². The molecule has 0 radical (unpaired) electrons. The molecule has 0 fully saturated rings. The van der Waals surface area contributed by atoms with Crippen LogP contribution in [0.1, 0.15) is 22.3 Å². The third kappa shape index (κ3) is 3.52. The van der Waals surface area contributed by atoms with Crippen molar-refractivity contribution in [3.63, 3.8) is 0 Å². The first-order valence-electron chi connectivity index (χ1n) is 18.1. The van der Waals surface area contributed by atoms with Crippen molar-refractivity contribution in [2.75, 3.05) is 0 Å². The first-order valence-corrected chi connectivity index (χ1v) is 18.1. The third-order valence-corrected chi connectivity index (χ3v) is 11.9. The molecule has 0 saturated carbocycles. The highest BCUT2D eigenvalue weighted by Gasteiger charge is 2.52. The van der Waals surface area contributed by atoms with Gasteiger partial charge in [-0.25, -0.2) is 0 Å². The zero-order valence-electron chi connectivity index (χ0n) is 28.2. The highest BCUT2D eigenvalue weighted by atomic mass is 16.5. The quantitative estimate of drug-likeness (QED) is 0.180. The van der Waals surface area contributed by atoms with E-state index in [1.54, 1.807) is 0 Å². The van der Waals surface area contributed by atoms with Crippen LogP contribution in [0.5, 0.6) is 11.5 Å². The predicted molar refractivity (Wildman–Crippen MR) is 214 cm³/mol. The van der Waals surface area contributed by atoms with Gasteiger partial charge < -0.3 is 4.74 Å². The molecule has 1 spiro atoms. The molecule has 1 heterocycles. The second-order valence-electron chi connectivity index (χ2n) is 14.3. The Labute approximate surface area is 302 Å². The van der Waals surface area contributed by atoms with Crippen LogP contribution in [0.4, 0.5) is 0 Å². The maximum Gasteiger partial charge on any atom is 0.135 e. The molecule has 240 valence electrons. The van der Waals surface area contributed by atoms with Crippen molar-refractivity contribution < 1.29 is 4.74 Å². The molecule has 1 atom stereocenters. The molecule has 1 nitrogen and oxygen atoms in total. The molecular weight excluding hydrogens is 629 g/mol. The van der Waals surface area contributed by atoms with Gasteiger partial charge in [0.1, 0.15) is 11.5 Å². The van der Waals surface area contributed by atoms with E-state index in [2.05, 4.69) is 176 Å². The fourth-order valence-electron chi connectivity index (χ4n) is 9.80. The van der Waals surface area contributed by atoms with Gasteiger partial charge in [-0.2, -0.15) is 0 Å². The summed E-state index contributed by atoms with van der Waals surface area (Å²) in [6.07, 6.45) is 0. The zero-order chi connectivity index (χ0) is 34.0. The first-order chi connectivity index (χ1) is 25.8. The van der Waals surface area contributed by atoms with Gasteiger partial charge in [0.25, 0.3) is 0 Å². The third-order valence-electron chi connectivity index (χ3n) is 11.9. The highest BCUT2D eigenvalue weighted by Crippen LogP contribution is 2.64. The number of hydrogen-bond acceptors (Lipinski definition) is 1. The maximum atomic E-state index is 6.44. The average molecular weight is 659 g/mol. The van der Waals surface area contributed by atoms with E-state index in [1.165, 1.54) is 93.9 Å². The second-order valence-corrected chi connectivity index (χ2v) is 14.3. The first kappa shape index (κ1) is 28.0. The van der Waals surface area contributed by atoms with Gasteiger partial charge in [-0.05, 0) is 119 Å². The van der Waals surface area contributed by atoms with Gasteiger partial charge in [-0.1, -0.05) is 152 Å². The molecule has 1 unspecified atom stereocenters. The van der Waals surface area contributed by atoms with Crippen LogP contribution in [0.3, 0.4) is 0 Å². The second kappa shape index (κ2) is 10.2. The van der Waals surface area contributed by atoms with Gasteiger partial charge in [0.2, 0.25) is 0 Å². The topological polar surface area (TPSA) is 9.23 Å². The molecule has 9 aromatic carbocycles. The predicted octanol–water partition coefficient (Wildman–Crippen LogP) is 13.4. The van der Waals surface area contributed by atoms with E-state index in [0.29, 0.717) is 0 Å². The van der Waals surface area contributed by atoms with Crippen molar-refractivity contribution in [3.8, 4) is 67.1 Å². The minimum Gasteiger partial charge on any atom is -0.456 e. The lowest BCUT2D eigenvalue weighted by atomic mass is 9.70. The SMILES string of the molecule is c1cc(-c2cccc3c2-c2ccccc2C32c3ccccc3-c3cc4ccccc4cc32)cc(-c2ccc3c4c(cccc24)-c2ccccc2O3)c1. The Bertz CT molecular complexity index is 3000. The van der Waals surface area contributed by atoms with Crippen LogP contribution in [-0.2, 0) is 5.41 Å². The van der Waals surface area contributed by atoms with Gasteiger partial charge in [-0.3, -0.25) is 0 Å². The number of rotatable bonds is 2. The van der Waals surface area contributed by atoms with E-state index >= 15 is 0 Å². The number of benzene rings is 9. The summed E-state index contributed by atoms with van der Waals surface area (Å²) in [7, 11) is 0. The monoisotopic (exact) mass is 658 g/mol. The lowest BCUT2D eigenvalue weighted by Crippen LogP contribution is -2.25. The lowest BCUT2D eigenvalue weighted by Gasteiger charge is -2.30. The van der Waals surface area contributed by atoms with E-state index in [0.717, 1.165) is 17.1 Å². The molecule has 12 rings (SSSR count). The summed E-state index contributed by atoms with van der Waals surface area (Å²) < 4.78 is 6.44. The highest BCUT2D eigenvalue weighted by molar-refractivity contribution is 6.10. The summed E-state index contributed by atoms with van der Waals surface area (Å²) in [5.74, 6) is 1.82. The van der Waals surface area contributed by atoms with E-state index in [1.807, 2.05) is 6.07 Å². The molecule has 1 aliphatic heterocycles. The molecule has 9 aromatic rings. The molecule has 2 aliphatic carbocycles. The van der Waals surface area contributed by atoms with Crippen LogP contribution in [0, 0.1) is 0 Å². The van der Waals surface area contributed by atoms with E-state index in [9.17, 15) is 0 Å². The van der Waals surface area contributed by atoms with Gasteiger partial charge in [0, 0.05) is 10.9 Å². The fourth-order valence-corrected chi connectivity index (χ4v) is 9.80. The Morgan fingerprint density at radius 2 is 0.942 bits per heavy atom. The smallest absolute Gasteiger partial charge is 0.135 e. The number of ether oxygens (including phenoxy) is 1. The van der Waals surface area contributed by atoms with Crippen molar-refractivity contribution in [1.29, 1.82) is 0 Å². The van der Waals surface area contributed by atoms with Crippen LogP contribution in [0.2, 0.25) is 0 Å². The molecule has 0 bridgehead atoms. The zero-order valence-corrected chi connectivity index (χ0v) is 28.2. The van der Waals surface area contributed by atoms with Gasteiger partial charge in [0.05, 0.1) is 5.41 Å². The van der Waals surface area contributed by atoms with Gasteiger partial charge in [0.15, 0.2) is 0 Å². The van der Waals surface area contributed by atoms with Crippen LogP contribution < -0.4 is 4.74 Å². The summed E-state index contributed by atoms with van der Waals surface area (Å²) in [5, 5.41) is 4.93. The Morgan fingerprint density at radius 3 is 1.81 bits per heavy atom. The standard InChI is InChI=1S/C51H30O/c1-2-13-32-30-46-42(29-31(32)12-1)37-16-3-6-22-43(37)51(46)44-23-7-4-18-41(44)49-36(19-11-24-45(49)51)34-15-9-14-33(28-34)35-26-27-48-50-39(35)20-10-21-40(50)38-17-5-8-25-47(38)52-48/h1-30H. The molecule has 0 amide bonds. The van der Waals surface area contributed by atoms with Gasteiger partial charge in [-0.15, -0.1) is 0 Å². The van der Waals surface area contributed by atoms with Crippen LogP contribution in [0.15, 0.2) is 182 Å². The molecule has 0 aromatic heterocycles. The summed E-state index contributed by atoms with van der Waals surface area (Å²) in [4.78, 5) is 0. The molecular formula is C51H30O. The van der Waals surface area contributed by atoms with Crippen molar-refractivity contribution in [2.45, 2.75) is 5.41 Å². The average Bonchev–Trinajstić information content (AvgIpc) is 3.67. The number of fused-ring (bicyclic) bond motifs is 13. The normalized spacial score (nSPS) is 15.5.